The van der Waals surface area contributed by atoms with E-state index in [0.717, 1.165) is 38.2 Å². The minimum atomic E-state index is -0.164. The van der Waals surface area contributed by atoms with Gasteiger partial charge in [0, 0.05) is 31.6 Å². The van der Waals surface area contributed by atoms with Gasteiger partial charge in [0.15, 0.2) is 5.76 Å². The standard InChI is InChI=1S/C16H26N2O3/c1-16(2,3)14-5-4-13(21-14)15(20)17-8-11-18-9-6-12(19)7-10-18/h4-5,12,19H,6-11H2,1-3H3,(H,17,20). The molecule has 1 aliphatic heterocycles. The Morgan fingerprint density at radius 2 is 2.05 bits per heavy atom. The number of likely N-dealkylation sites (tertiary alicyclic amines) is 1. The van der Waals surface area contributed by atoms with E-state index >= 15 is 0 Å². The molecule has 118 valence electrons. The molecule has 1 fully saturated rings. The van der Waals surface area contributed by atoms with Crippen LogP contribution in [0.4, 0.5) is 0 Å². The second-order valence-electron chi connectivity index (χ2n) is 6.74. The van der Waals surface area contributed by atoms with Crippen LogP contribution in [0.2, 0.25) is 0 Å². The minimum Gasteiger partial charge on any atom is -0.455 e. The largest absolute Gasteiger partial charge is 0.455 e. The molecule has 1 aromatic heterocycles. The summed E-state index contributed by atoms with van der Waals surface area (Å²) in [5, 5.41) is 12.3. The molecule has 0 aliphatic carbocycles. The number of aliphatic hydroxyl groups excluding tert-OH is 1. The van der Waals surface area contributed by atoms with E-state index in [1.807, 2.05) is 6.07 Å². The van der Waals surface area contributed by atoms with Gasteiger partial charge < -0.3 is 19.7 Å². The summed E-state index contributed by atoms with van der Waals surface area (Å²) >= 11 is 0. The lowest BCUT2D eigenvalue weighted by molar-refractivity contribution is 0.0797. The number of piperidine rings is 1. The fraction of sp³-hybridized carbons (Fsp3) is 0.688. The number of aliphatic hydroxyl groups is 1. The van der Waals surface area contributed by atoms with Gasteiger partial charge in [-0.2, -0.15) is 0 Å². The number of furan rings is 1. The van der Waals surface area contributed by atoms with Crippen LogP contribution in [0.5, 0.6) is 0 Å². The molecule has 0 atom stereocenters. The van der Waals surface area contributed by atoms with Crippen LogP contribution in [-0.2, 0) is 5.41 Å². The maximum absolute atomic E-state index is 12.0. The molecule has 1 saturated heterocycles. The van der Waals surface area contributed by atoms with Crippen molar-refractivity contribution in [2.75, 3.05) is 26.2 Å². The molecule has 0 saturated carbocycles. The lowest BCUT2D eigenvalue weighted by Crippen LogP contribution is -2.40. The fourth-order valence-corrected chi connectivity index (χ4v) is 2.42. The Kier molecular flexibility index (Phi) is 5.06. The molecule has 0 bridgehead atoms. The number of rotatable bonds is 4. The van der Waals surface area contributed by atoms with Crippen LogP contribution in [0.15, 0.2) is 16.5 Å². The van der Waals surface area contributed by atoms with Crippen LogP contribution >= 0.6 is 0 Å². The summed E-state index contributed by atoms with van der Waals surface area (Å²) in [5.41, 5.74) is -0.0901. The van der Waals surface area contributed by atoms with Crippen molar-refractivity contribution < 1.29 is 14.3 Å². The predicted octanol–water partition coefficient (Wildman–Crippen LogP) is 1.76. The maximum atomic E-state index is 12.0. The van der Waals surface area contributed by atoms with Crippen molar-refractivity contribution in [1.29, 1.82) is 0 Å². The number of nitrogens with zero attached hydrogens (tertiary/aromatic N) is 1. The van der Waals surface area contributed by atoms with E-state index < -0.39 is 0 Å². The first-order valence-electron chi connectivity index (χ1n) is 7.65. The highest BCUT2D eigenvalue weighted by molar-refractivity contribution is 5.91. The number of carbonyl (C=O) groups is 1. The van der Waals surface area contributed by atoms with Crippen LogP contribution in [0.3, 0.4) is 0 Å². The molecule has 1 amide bonds. The first-order chi connectivity index (χ1) is 9.86. The van der Waals surface area contributed by atoms with E-state index in [4.69, 9.17) is 4.42 Å². The minimum absolute atomic E-state index is 0.0901. The van der Waals surface area contributed by atoms with E-state index in [2.05, 4.69) is 31.0 Å². The van der Waals surface area contributed by atoms with E-state index in [1.165, 1.54) is 0 Å². The molecular formula is C16H26N2O3. The SMILES string of the molecule is CC(C)(C)c1ccc(C(=O)NCCN2CCC(O)CC2)o1. The van der Waals surface area contributed by atoms with Gasteiger partial charge in [-0.1, -0.05) is 20.8 Å². The maximum Gasteiger partial charge on any atom is 0.287 e. The Bertz CT molecular complexity index is 468. The number of carbonyl (C=O) groups excluding carboxylic acids is 1. The van der Waals surface area contributed by atoms with Crippen molar-refractivity contribution >= 4 is 5.91 Å². The molecule has 0 spiro atoms. The van der Waals surface area contributed by atoms with Gasteiger partial charge >= 0.3 is 0 Å². The van der Waals surface area contributed by atoms with E-state index in [9.17, 15) is 9.90 Å². The summed E-state index contributed by atoms with van der Waals surface area (Å²) in [4.78, 5) is 14.3. The number of amides is 1. The third kappa shape index (κ3) is 4.58. The summed E-state index contributed by atoms with van der Waals surface area (Å²) in [5.74, 6) is 1.02. The summed E-state index contributed by atoms with van der Waals surface area (Å²) in [6.07, 6.45) is 1.48. The van der Waals surface area contributed by atoms with Gasteiger partial charge in [0.2, 0.25) is 0 Å². The zero-order valence-electron chi connectivity index (χ0n) is 13.2. The number of nitrogens with one attached hydrogen (secondary N) is 1. The smallest absolute Gasteiger partial charge is 0.287 e. The lowest BCUT2D eigenvalue weighted by atomic mass is 9.94. The topological polar surface area (TPSA) is 65.7 Å². The highest BCUT2D eigenvalue weighted by Crippen LogP contribution is 2.24. The van der Waals surface area contributed by atoms with Crippen molar-refractivity contribution in [3.05, 3.63) is 23.7 Å². The Hall–Kier alpha value is -1.33. The van der Waals surface area contributed by atoms with E-state index in [1.54, 1.807) is 6.07 Å². The quantitative estimate of drug-likeness (QED) is 0.888. The van der Waals surface area contributed by atoms with E-state index in [-0.39, 0.29) is 17.4 Å². The van der Waals surface area contributed by atoms with Crippen LogP contribution in [0.25, 0.3) is 0 Å². The average molecular weight is 294 g/mol. The average Bonchev–Trinajstić information content (AvgIpc) is 2.90. The second-order valence-corrected chi connectivity index (χ2v) is 6.74. The highest BCUT2D eigenvalue weighted by atomic mass is 16.4. The first kappa shape index (κ1) is 16.0. The van der Waals surface area contributed by atoms with Gasteiger partial charge in [-0.25, -0.2) is 0 Å². The molecule has 2 heterocycles. The Morgan fingerprint density at radius 3 is 2.62 bits per heavy atom. The summed E-state index contributed by atoms with van der Waals surface area (Å²) in [6, 6.07) is 3.59. The van der Waals surface area contributed by atoms with E-state index in [0.29, 0.717) is 12.3 Å². The molecule has 5 heteroatoms. The molecule has 1 aromatic rings. The zero-order valence-corrected chi connectivity index (χ0v) is 13.2. The monoisotopic (exact) mass is 294 g/mol. The predicted molar refractivity (Wildman–Crippen MR) is 81.4 cm³/mol. The van der Waals surface area contributed by atoms with Crippen molar-refractivity contribution in [1.82, 2.24) is 10.2 Å². The van der Waals surface area contributed by atoms with Crippen LogP contribution < -0.4 is 5.32 Å². The van der Waals surface area contributed by atoms with Crippen LogP contribution in [0, 0.1) is 0 Å². The fourth-order valence-electron chi connectivity index (χ4n) is 2.42. The summed E-state index contributed by atoms with van der Waals surface area (Å²) in [6.45, 7) is 9.36. The van der Waals surface area contributed by atoms with Crippen molar-refractivity contribution in [3.63, 3.8) is 0 Å². The summed E-state index contributed by atoms with van der Waals surface area (Å²) < 4.78 is 5.61. The van der Waals surface area contributed by atoms with Gasteiger partial charge in [-0.15, -0.1) is 0 Å². The molecule has 21 heavy (non-hydrogen) atoms. The first-order valence-corrected chi connectivity index (χ1v) is 7.65. The molecule has 5 nitrogen and oxygen atoms in total. The van der Waals surface area contributed by atoms with Crippen molar-refractivity contribution in [3.8, 4) is 0 Å². The van der Waals surface area contributed by atoms with Gasteiger partial charge in [-0.05, 0) is 25.0 Å². The van der Waals surface area contributed by atoms with Gasteiger partial charge in [0.05, 0.1) is 6.10 Å². The Morgan fingerprint density at radius 1 is 1.38 bits per heavy atom. The van der Waals surface area contributed by atoms with Crippen LogP contribution in [0.1, 0.15) is 49.9 Å². The molecule has 1 aliphatic rings. The lowest BCUT2D eigenvalue weighted by Gasteiger charge is -2.29. The third-order valence-corrected chi connectivity index (χ3v) is 3.84. The molecule has 2 rings (SSSR count). The van der Waals surface area contributed by atoms with Crippen molar-refractivity contribution in [2.45, 2.75) is 45.1 Å². The molecule has 0 radical (unpaired) electrons. The Labute approximate surface area is 126 Å². The zero-order chi connectivity index (χ0) is 15.5. The van der Waals surface area contributed by atoms with Gasteiger partial charge in [-0.3, -0.25) is 4.79 Å². The number of hydrogen-bond acceptors (Lipinski definition) is 4. The third-order valence-electron chi connectivity index (χ3n) is 3.84. The Balaban J connectivity index is 1.76. The molecular weight excluding hydrogens is 268 g/mol. The number of hydrogen-bond donors (Lipinski definition) is 2. The molecule has 0 unspecified atom stereocenters. The van der Waals surface area contributed by atoms with Gasteiger partial charge in [0.25, 0.3) is 5.91 Å². The molecule has 2 N–H and O–H groups in total. The van der Waals surface area contributed by atoms with Crippen LogP contribution in [-0.4, -0.2) is 48.2 Å². The van der Waals surface area contributed by atoms with Gasteiger partial charge in [0.1, 0.15) is 5.76 Å². The normalized spacial score (nSPS) is 17.9. The highest BCUT2D eigenvalue weighted by Gasteiger charge is 2.21. The summed E-state index contributed by atoms with van der Waals surface area (Å²) in [7, 11) is 0. The van der Waals surface area contributed by atoms with Crippen molar-refractivity contribution in [2.24, 2.45) is 0 Å². The second kappa shape index (κ2) is 6.62. The molecule has 0 aromatic carbocycles.